The highest BCUT2D eigenvalue weighted by molar-refractivity contribution is 5.36. The molecule has 1 aliphatic heterocycles. The molecule has 0 aliphatic carbocycles. The molecule has 1 saturated heterocycles. The van der Waals surface area contributed by atoms with E-state index >= 15 is 0 Å². The second-order valence-corrected chi connectivity index (χ2v) is 3.85. The number of nitrogens with one attached hydrogen (secondary N) is 1. The summed E-state index contributed by atoms with van der Waals surface area (Å²) in [5.41, 5.74) is 1.17. The third-order valence-electron chi connectivity index (χ3n) is 2.63. The highest BCUT2D eigenvalue weighted by Crippen LogP contribution is 2.13. The number of hydrogen-bond donors (Lipinski definition) is 1. The Balaban J connectivity index is 1.95. The quantitative estimate of drug-likeness (QED) is 0.773. The van der Waals surface area contributed by atoms with Crippen LogP contribution in [0.4, 0.5) is 5.82 Å². The van der Waals surface area contributed by atoms with Crippen molar-refractivity contribution in [3.05, 3.63) is 11.8 Å². The zero-order chi connectivity index (χ0) is 9.97. The summed E-state index contributed by atoms with van der Waals surface area (Å²) < 4.78 is 7.28. The highest BCUT2D eigenvalue weighted by atomic mass is 16.5. The van der Waals surface area contributed by atoms with Gasteiger partial charge < -0.3 is 10.1 Å². The molecule has 1 fully saturated rings. The van der Waals surface area contributed by atoms with Crippen molar-refractivity contribution in [3.63, 3.8) is 0 Å². The maximum Gasteiger partial charge on any atom is 0.148 e. The van der Waals surface area contributed by atoms with Crippen molar-refractivity contribution < 1.29 is 4.74 Å². The van der Waals surface area contributed by atoms with Crippen LogP contribution < -0.4 is 5.32 Å². The van der Waals surface area contributed by atoms with Crippen LogP contribution in [0.2, 0.25) is 0 Å². The van der Waals surface area contributed by atoms with Gasteiger partial charge >= 0.3 is 0 Å². The van der Waals surface area contributed by atoms with Gasteiger partial charge in [0.25, 0.3) is 0 Å². The average Bonchev–Trinajstić information content (AvgIpc) is 2.47. The molecule has 1 aromatic heterocycles. The molecule has 1 aliphatic rings. The van der Waals surface area contributed by atoms with E-state index in [4.69, 9.17) is 4.74 Å². The maximum absolute atomic E-state index is 5.39. The maximum atomic E-state index is 5.39. The summed E-state index contributed by atoms with van der Waals surface area (Å²) in [6.07, 6.45) is 2.32. The SMILES string of the molecule is Cc1cc(NC2CCCOC2)nn1C. The van der Waals surface area contributed by atoms with E-state index in [1.807, 2.05) is 11.7 Å². The summed E-state index contributed by atoms with van der Waals surface area (Å²) in [4.78, 5) is 0. The summed E-state index contributed by atoms with van der Waals surface area (Å²) in [6.45, 7) is 3.75. The van der Waals surface area contributed by atoms with E-state index in [2.05, 4.69) is 23.4 Å². The van der Waals surface area contributed by atoms with Crippen LogP contribution in [0.15, 0.2) is 6.07 Å². The van der Waals surface area contributed by atoms with Crippen LogP contribution in [0, 0.1) is 6.92 Å². The van der Waals surface area contributed by atoms with Crippen LogP contribution in [0.5, 0.6) is 0 Å². The number of rotatable bonds is 2. The van der Waals surface area contributed by atoms with E-state index < -0.39 is 0 Å². The lowest BCUT2D eigenvalue weighted by Gasteiger charge is -2.22. The van der Waals surface area contributed by atoms with Crippen LogP contribution in [-0.4, -0.2) is 29.0 Å². The monoisotopic (exact) mass is 195 g/mol. The molecule has 1 atom stereocenters. The Kier molecular flexibility index (Phi) is 2.72. The predicted octanol–water partition coefficient (Wildman–Crippen LogP) is 1.32. The molecule has 1 unspecified atom stereocenters. The number of anilines is 1. The van der Waals surface area contributed by atoms with Crippen molar-refractivity contribution in [2.24, 2.45) is 7.05 Å². The summed E-state index contributed by atoms with van der Waals surface area (Å²) >= 11 is 0. The van der Waals surface area contributed by atoms with E-state index in [9.17, 15) is 0 Å². The minimum atomic E-state index is 0.429. The fraction of sp³-hybridized carbons (Fsp3) is 0.700. The Morgan fingerprint density at radius 2 is 2.50 bits per heavy atom. The molecule has 4 nitrogen and oxygen atoms in total. The summed E-state index contributed by atoms with van der Waals surface area (Å²) in [7, 11) is 1.96. The van der Waals surface area contributed by atoms with Gasteiger partial charge in [-0.25, -0.2) is 0 Å². The molecule has 0 amide bonds. The summed E-state index contributed by atoms with van der Waals surface area (Å²) in [5, 5.41) is 7.74. The van der Waals surface area contributed by atoms with Gasteiger partial charge in [0.15, 0.2) is 0 Å². The number of nitrogens with zero attached hydrogens (tertiary/aromatic N) is 2. The molecule has 0 aromatic carbocycles. The summed E-state index contributed by atoms with van der Waals surface area (Å²) in [6, 6.07) is 2.49. The molecular weight excluding hydrogens is 178 g/mol. The van der Waals surface area contributed by atoms with Gasteiger partial charge in [-0.05, 0) is 19.8 Å². The van der Waals surface area contributed by atoms with Crippen molar-refractivity contribution in [3.8, 4) is 0 Å². The fourth-order valence-corrected chi connectivity index (χ4v) is 1.69. The van der Waals surface area contributed by atoms with Gasteiger partial charge in [-0.1, -0.05) is 0 Å². The lowest BCUT2D eigenvalue weighted by atomic mass is 10.1. The van der Waals surface area contributed by atoms with Gasteiger partial charge in [0.05, 0.1) is 12.6 Å². The van der Waals surface area contributed by atoms with Gasteiger partial charge in [-0.2, -0.15) is 5.10 Å². The first kappa shape index (κ1) is 9.52. The number of ether oxygens (including phenoxy) is 1. The first-order valence-corrected chi connectivity index (χ1v) is 5.10. The normalized spacial score (nSPS) is 22.3. The van der Waals surface area contributed by atoms with E-state index in [1.165, 1.54) is 12.1 Å². The lowest BCUT2D eigenvalue weighted by Crippen LogP contribution is -2.30. The molecule has 0 radical (unpaired) electrons. The Labute approximate surface area is 84.3 Å². The molecule has 14 heavy (non-hydrogen) atoms. The Bertz CT molecular complexity index is 283. The Hall–Kier alpha value is -1.03. The van der Waals surface area contributed by atoms with Crippen molar-refractivity contribution in [1.82, 2.24) is 9.78 Å². The third-order valence-corrected chi connectivity index (χ3v) is 2.63. The standard InChI is InChI=1S/C10H17N3O/c1-8-6-10(12-13(8)2)11-9-4-3-5-14-7-9/h6,9H,3-5,7H2,1-2H3,(H,11,12). The van der Waals surface area contributed by atoms with Crippen molar-refractivity contribution in [2.75, 3.05) is 18.5 Å². The van der Waals surface area contributed by atoms with Crippen molar-refractivity contribution >= 4 is 5.82 Å². The van der Waals surface area contributed by atoms with E-state index in [0.717, 1.165) is 25.5 Å². The van der Waals surface area contributed by atoms with Gasteiger partial charge in [-0.3, -0.25) is 4.68 Å². The minimum absolute atomic E-state index is 0.429. The van der Waals surface area contributed by atoms with Crippen LogP contribution in [0.3, 0.4) is 0 Å². The van der Waals surface area contributed by atoms with Crippen molar-refractivity contribution in [1.29, 1.82) is 0 Å². The smallest absolute Gasteiger partial charge is 0.148 e. The fourth-order valence-electron chi connectivity index (χ4n) is 1.69. The number of hydrogen-bond acceptors (Lipinski definition) is 3. The van der Waals surface area contributed by atoms with E-state index in [1.54, 1.807) is 0 Å². The minimum Gasteiger partial charge on any atom is -0.379 e. The molecule has 1 N–H and O–H groups in total. The van der Waals surface area contributed by atoms with E-state index in [-0.39, 0.29) is 0 Å². The molecule has 1 aromatic rings. The predicted molar refractivity (Wildman–Crippen MR) is 55.4 cm³/mol. The molecule has 0 saturated carbocycles. The van der Waals surface area contributed by atoms with Crippen LogP contribution >= 0.6 is 0 Å². The first-order chi connectivity index (χ1) is 6.75. The van der Waals surface area contributed by atoms with Crippen LogP contribution in [0.1, 0.15) is 18.5 Å². The zero-order valence-electron chi connectivity index (χ0n) is 8.79. The van der Waals surface area contributed by atoms with Crippen LogP contribution in [0.25, 0.3) is 0 Å². The molecule has 4 heteroatoms. The topological polar surface area (TPSA) is 39.1 Å². The second-order valence-electron chi connectivity index (χ2n) is 3.85. The summed E-state index contributed by atoms with van der Waals surface area (Å²) in [5.74, 6) is 0.959. The van der Waals surface area contributed by atoms with Crippen LogP contribution in [-0.2, 0) is 11.8 Å². The molecule has 2 rings (SSSR count). The van der Waals surface area contributed by atoms with E-state index in [0.29, 0.717) is 6.04 Å². The zero-order valence-corrected chi connectivity index (χ0v) is 8.79. The molecular formula is C10H17N3O. The number of aryl methyl sites for hydroxylation is 2. The Morgan fingerprint density at radius 1 is 1.64 bits per heavy atom. The lowest BCUT2D eigenvalue weighted by molar-refractivity contribution is 0.0875. The molecule has 78 valence electrons. The Morgan fingerprint density at radius 3 is 3.07 bits per heavy atom. The first-order valence-electron chi connectivity index (χ1n) is 5.10. The van der Waals surface area contributed by atoms with Gasteiger partial charge in [0.2, 0.25) is 0 Å². The third kappa shape index (κ3) is 2.07. The molecule has 2 heterocycles. The molecule has 0 spiro atoms. The second kappa shape index (κ2) is 4.00. The molecule has 0 bridgehead atoms. The highest BCUT2D eigenvalue weighted by Gasteiger charge is 2.14. The van der Waals surface area contributed by atoms with Gasteiger partial charge in [-0.15, -0.1) is 0 Å². The van der Waals surface area contributed by atoms with Gasteiger partial charge in [0, 0.05) is 25.4 Å². The largest absolute Gasteiger partial charge is 0.379 e. The van der Waals surface area contributed by atoms with Crippen molar-refractivity contribution in [2.45, 2.75) is 25.8 Å². The van der Waals surface area contributed by atoms with Gasteiger partial charge in [0.1, 0.15) is 5.82 Å². The number of aromatic nitrogens is 2. The average molecular weight is 195 g/mol.